The van der Waals surface area contributed by atoms with Crippen molar-refractivity contribution in [2.45, 2.75) is 97.4 Å². The zero-order chi connectivity index (χ0) is 22.8. The Kier molecular flexibility index (Phi) is 7.36. The van der Waals surface area contributed by atoms with Crippen LogP contribution < -0.4 is 5.32 Å². The second-order valence-electron chi connectivity index (χ2n) is 11.5. The van der Waals surface area contributed by atoms with Gasteiger partial charge in [-0.05, 0) is 64.3 Å². The molecule has 0 unspecified atom stereocenters. The van der Waals surface area contributed by atoms with E-state index in [0.29, 0.717) is 23.8 Å². The Morgan fingerprint density at radius 2 is 1.10 bits per heavy atom. The summed E-state index contributed by atoms with van der Waals surface area (Å²) in [5, 5.41) is 3.84. The van der Waals surface area contributed by atoms with Gasteiger partial charge in [0.2, 0.25) is 0 Å². The topological polar surface area (TPSA) is 12.0 Å². The number of hydrogen-bond donors (Lipinski definition) is 1. The fourth-order valence-corrected chi connectivity index (χ4v) is 4.73. The van der Waals surface area contributed by atoms with Crippen LogP contribution in [0.5, 0.6) is 0 Å². The van der Waals surface area contributed by atoms with Gasteiger partial charge in [-0.3, -0.25) is 0 Å². The van der Waals surface area contributed by atoms with Gasteiger partial charge in [0.05, 0.1) is 0 Å². The third-order valence-corrected chi connectivity index (χ3v) is 8.67. The SMILES string of the molecule is CC(C)C(C)(C)c1ccc(C(c2ccc(C(C)(C)C(C)C)cc2)[C@H]2CCCCN2)cc1. The molecule has 1 heterocycles. The molecule has 1 aliphatic rings. The van der Waals surface area contributed by atoms with Gasteiger partial charge < -0.3 is 5.32 Å². The summed E-state index contributed by atoms with van der Waals surface area (Å²) in [5.41, 5.74) is 6.16. The van der Waals surface area contributed by atoms with E-state index in [0.717, 1.165) is 6.54 Å². The third kappa shape index (κ3) is 5.08. The van der Waals surface area contributed by atoms with Crippen LogP contribution in [0.3, 0.4) is 0 Å². The minimum absolute atomic E-state index is 0.196. The van der Waals surface area contributed by atoms with Crippen molar-refractivity contribution in [3.63, 3.8) is 0 Å². The Balaban J connectivity index is 1.96. The quantitative estimate of drug-likeness (QED) is 0.482. The predicted molar refractivity (Wildman–Crippen MR) is 136 cm³/mol. The molecule has 0 saturated carbocycles. The highest BCUT2D eigenvalue weighted by molar-refractivity contribution is 5.40. The van der Waals surface area contributed by atoms with Gasteiger partial charge in [0.25, 0.3) is 0 Å². The lowest BCUT2D eigenvalue weighted by molar-refractivity contribution is 0.367. The van der Waals surface area contributed by atoms with Gasteiger partial charge in [0, 0.05) is 12.0 Å². The van der Waals surface area contributed by atoms with Crippen molar-refractivity contribution in [2.75, 3.05) is 6.54 Å². The molecule has 0 aromatic heterocycles. The lowest BCUT2D eigenvalue weighted by Gasteiger charge is -2.34. The zero-order valence-electron chi connectivity index (χ0n) is 21.3. The van der Waals surface area contributed by atoms with Crippen LogP contribution in [-0.2, 0) is 10.8 Å². The van der Waals surface area contributed by atoms with Crippen LogP contribution in [0, 0.1) is 11.8 Å². The van der Waals surface area contributed by atoms with Crippen molar-refractivity contribution >= 4 is 0 Å². The second kappa shape index (κ2) is 9.49. The number of hydrogen-bond acceptors (Lipinski definition) is 1. The molecule has 0 bridgehead atoms. The molecular weight excluding hydrogens is 374 g/mol. The van der Waals surface area contributed by atoms with E-state index >= 15 is 0 Å². The molecule has 2 aromatic rings. The standard InChI is InChI=1S/C30H45N/c1-21(2)29(5,6)25-16-12-23(13-17-25)28(27-11-9-10-20-31-27)24-14-18-26(19-15-24)30(7,8)22(3)4/h12-19,21-22,27-28,31H,9-11,20H2,1-8H3/t27-/m1/s1. The number of piperidine rings is 1. The summed E-state index contributed by atoms with van der Waals surface area (Å²) < 4.78 is 0. The van der Waals surface area contributed by atoms with Gasteiger partial charge >= 0.3 is 0 Å². The van der Waals surface area contributed by atoms with Crippen molar-refractivity contribution in [3.05, 3.63) is 70.8 Å². The molecule has 1 aliphatic heterocycles. The van der Waals surface area contributed by atoms with E-state index in [-0.39, 0.29) is 10.8 Å². The maximum atomic E-state index is 3.84. The maximum absolute atomic E-state index is 3.84. The summed E-state index contributed by atoms with van der Waals surface area (Å²) in [7, 11) is 0. The lowest BCUT2D eigenvalue weighted by Crippen LogP contribution is -2.39. The highest BCUT2D eigenvalue weighted by Gasteiger charge is 2.30. The molecule has 0 spiro atoms. The smallest absolute Gasteiger partial charge is 0.0243 e. The third-order valence-electron chi connectivity index (χ3n) is 8.67. The minimum atomic E-state index is 0.196. The summed E-state index contributed by atoms with van der Waals surface area (Å²) in [6, 6.07) is 19.6. The molecule has 1 nitrogen and oxygen atoms in total. The molecule has 1 atom stereocenters. The molecule has 0 amide bonds. The van der Waals surface area contributed by atoms with E-state index in [1.807, 2.05) is 0 Å². The summed E-state index contributed by atoms with van der Waals surface area (Å²) in [5.74, 6) is 1.64. The first kappa shape index (κ1) is 24.1. The van der Waals surface area contributed by atoms with Crippen LogP contribution in [0.4, 0.5) is 0 Å². The van der Waals surface area contributed by atoms with Crippen molar-refractivity contribution in [1.29, 1.82) is 0 Å². The average molecular weight is 420 g/mol. The summed E-state index contributed by atoms with van der Waals surface area (Å²) >= 11 is 0. The molecular formula is C30H45N. The van der Waals surface area contributed by atoms with E-state index in [9.17, 15) is 0 Å². The Bertz CT molecular complexity index is 754. The molecule has 170 valence electrons. The van der Waals surface area contributed by atoms with Crippen LogP contribution in [0.25, 0.3) is 0 Å². The Morgan fingerprint density at radius 1 is 0.677 bits per heavy atom. The normalized spacial score (nSPS) is 18.2. The largest absolute Gasteiger partial charge is 0.313 e. The van der Waals surface area contributed by atoms with Crippen molar-refractivity contribution < 1.29 is 0 Å². The number of nitrogens with one attached hydrogen (secondary N) is 1. The first-order chi connectivity index (χ1) is 14.5. The van der Waals surface area contributed by atoms with Gasteiger partial charge in [0.15, 0.2) is 0 Å². The summed E-state index contributed by atoms with van der Waals surface area (Å²) in [6.07, 6.45) is 3.88. The van der Waals surface area contributed by atoms with Crippen LogP contribution in [0.2, 0.25) is 0 Å². The molecule has 1 saturated heterocycles. The Labute approximate surface area is 192 Å². The second-order valence-corrected chi connectivity index (χ2v) is 11.5. The van der Waals surface area contributed by atoms with Gasteiger partial charge in [-0.2, -0.15) is 0 Å². The first-order valence-corrected chi connectivity index (χ1v) is 12.5. The summed E-state index contributed by atoms with van der Waals surface area (Å²) in [4.78, 5) is 0. The maximum Gasteiger partial charge on any atom is 0.0243 e. The average Bonchev–Trinajstić information content (AvgIpc) is 2.75. The van der Waals surface area contributed by atoms with Crippen LogP contribution >= 0.6 is 0 Å². The highest BCUT2D eigenvalue weighted by Crippen LogP contribution is 2.37. The fourth-order valence-electron chi connectivity index (χ4n) is 4.73. The van der Waals surface area contributed by atoms with Gasteiger partial charge in [-0.1, -0.05) is 110 Å². The van der Waals surface area contributed by atoms with Crippen molar-refractivity contribution in [1.82, 2.24) is 5.32 Å². The van der Waals surface area contributed by atoms with Crippen LogP contribution in [0.15, 0.2) is 48.5 Å². The van der Waals surface area contributed by atoms with Gasteiger partial charge in [-0.15, -0.1) is 0 Å². The van der Waals surface area contributed by atoms with E-state index in [1.54, 1.807) is 0 Å². The fraction of sp³-hybridized carbons (Fsp3) is 0.600. The predicted octanol–water partition coefficient (Wildman–Crippen LogP) is 7.83. The molecule has 1 N–H and O–H groups in total. The molecule has 31 heavy (non-hydrogen) atoms. The zero-order valence-corrected chi connectivity index (χ0v) is 21.3. The van der Waals surface area contributed by atoms with Crippen molar-refractivity contribution in [3.8, 4) is 0 Å². The van der Waals surface area contributed by atoms with Gasteiger partial charge in [-0.25, -0.2) is 0 Å². The molecule has 0 radical (unpaired) electrons. The van der Waals surface area contributed by atoms with Crippen LogP contribution in [0.1, 0.15) is 103 Å². The van der Waals surface area contributed by atoms with E-state index in [1.165, 1.54) is 41.5 Å². The monoisotopic (exact) mass is 419 g/mol. The van der Waals surface area contributed by atoms with Gasteiger partial charge in [0.1, 0.15) is 0 Å². The van der Waals surface area contributed by atoms with E-state index in [4.69, 9.17) is 0 Å². The Morgan fingerprint density at radius 3 is 1.42 bits per heavy atom. The lowest BCUT2D eigenvalue weighted by atomic mass is 9.73. The molecule has 3 rings (SSSR count). The van der Waals surface area contributed by atoms with E-state index in [2.05, 4.69) is 109 Å². The molecule has 0 aliphatic carbocycles. The number of benzene rings is 2. The van der Waals surface area contributed by atoms with Crippen molar-refractivity contribution in [2.24, 2.45) is 11.8 Å². The van der Waals surface area contributed by atoms with Crippen LogP contribution in [-0.4, -0.2) is 12.6 Å². The molecule has 2 aromatic carbocycles. The van der Waals surface area contributed by atoms with E-state index < -0.39 is 0 Å². The molecule has 1 heteroatoms. The minimum Gasteiger partial charge on any atom is -0.313 e. The number of rotatable bonds is 7. The highest BCUT2D eigenvalue weighted by atomic mass is 14.9. The Hall–Kier alpha value is -1.60. The first-order valence-electron chi connectivity index (χ1n) is 12.5. The summed E-state index contributed by atoms with van der Waals surface area (Å²) in [6.45, 7) is 19.9. The molecule has 1 fully saturated rings.